The second-order valence-electron chi connectivity index (χ2n) is 7.49. The van der Waals surface area contributed by atoms with Crippen LogP contribution >= 0.6 is 0 Å². The number of carbonyl (C=O) groups is 1. The lowest BCUT2D eigenvalue weighted by Gasteiger charge is -2.25. The van der Waals surface area contributed by atoms with Crippen LogP contribution in [0.15, 0.2) is 0 Å². The van der Waals surface area contributed by atoms with Gasteiger partial charge in [-0.05, 0) is 30.6 Å². The van der Waals surface area contributed by atoms with Crippen LogP contribution in [0.3, 0.4) is 0 Å². The van der Waals surface area contributed by atoms with Crippen molar-refractivity contribution in [2.75, 3.05) is 19.8 Å². The fraction of sp³-hybridized carbons (Fsp3) is 0.941. The molecule has 0 radical (unpaired) electrons. The maximum Gasteiger partial charge on any atom is 0.241 e. The normalized spacial score (nSPS) is 23.1. The van der Waals surface area contributed by atoms with Gasteiger partial charge in [0.05, 0.1) is 18.8 Å². The summed E-state index contributed by atoms with van der Waals surface area (Å²) in [4.78, 5) is 14.6. The van der Waals surface area contributed by atoms with Crippen LogP contribution in [0.4, 0.5) is 0 Å². The van der Waals surface area contributed by atoms with E-state index in [-0.39, 0.29) is 18.1 Å². The van der Waals surface area contributed by atoms with Crippen LogP contribution in [-0.2, 0) is 9.53 Å². The Labute approximate surface area is 130 Å². The smallest absolute Gasteiger partial charge is 0.241 e. The van der Waals surface area contributed by atoms with Gasteiger partial charge < -0.3 is 9.64 Å². The standard InChI is InChI=1S/C17H34N2O2/c1-12(2)9-15-17(20)19(7-8-21-11-14(5)6)16(18-15)10-13(3)4/h12-16,18H,7-11H2,1-6H3. The van der Waals surface area contributed by atoms with Gasteiger partial charge in [-0.1, -0.05) is 41.5 Å². The summed E-state index contributed by atoms with van der Waals surface area (Å²) in [6.45, 7) is 15.1. The lowest BCUT2D eigenvalue weighted by molar-refractivity contribution is -0.131. The molecule has 0 aromatic carbocycles. The van der Waals surface area contributed by atoms with E-state index in [1.807, 2.05) is 4.90 Å². The summed E-state index contributed by atoms with van der Waals surface area (Å²) < 4.78 is 5.65. The zero-order valence-corrected chi connectivity index (χ0v) is 14.7. The van der Waals surface area contributed by atoms with E-state index in [2.05, 4.69) is 46.9 Å². The minimum Gasteiger partial charge on any atom is -0.379 e. The monoisotopic (exact) mass is 298 g/mol. The van der Waals surface area contributed by atoms with Crippen molar-refractivity contribution in [1.29, 1.82) is 0 Å². The lowest BCUT2D eigenvalue weighted by atomic mass is 10.0. The Morgan fingerprint density at radius 1 is 1.05 bits per heavy atom. The van der Waals surface area contributed by atoms with E-state index >= 15 is 0 Å². The van der Waals surface area contributed by atoms with E-state index in [1.165, 1.54) is 0 Å². The van der Waals surface area contributed by atoms with Crippen LogP contribution in [0.1, 0.15) is 54.4 Å². The molecule has 2 unspecified atom stereocenters. The van der Waals surface area contributed by atoms with Crippen molar-refractivity contribution < 1.29 is 9.53 Å². The topological polar surface area (TPSA) is 41.6 Å². The molecule has 2 atom stereocenters. The van der Waals surface area contributed by atoms with Crippen LogP contribution in [0.5, 0.6) is 0 Å². The highest BCUT2D eigenvalue weighted by atomic mass is 16.5. The third kappa shape index (κ3) is 6.35. The largest absolute Gasteiger partial charge is 0.379 e. The Hall–Kier alpha value is -0.610. The molecule has 124 valence electrons. The third-order valence-electron chi connectivity index (χ3n) is 3.68. The van der Waals surface area contributed by atoms with Crippen molar-refractivity contribution in [3.8, 4) is 0 Å². The van der Waals surface area contributed by atoms with Gasteiger partial charge in [0, 0.05) is 13.2 Å². The van der Waals surface area contributed by atoms with Gasteiger partial charge in [-0.3, -0.25) is 10.1 Å². The Bertz CT molecular complexity index is 316. The molecule has 1 fully saturated rings. The van der Waals surface area contributed by atoms with Crippen molar-refractivity contribution in [2.45, 2.75) is 66.6 Å². The van der Waals surface area contributed by atoms with Crippen LogP contribution in [-0.4, -0.2) is 42.8 Å². The number of hydrogen-bond acceptors (Lipinski definition) is 3. The molecule has 1 heterocycles. The molecule has 1 aliphatic heterocycles. The molecule has 0 aromatic rings. The van der Waals surface area contributed by atoms with E-state index in [9.17, 15) is 4.79 Å². The Balaban J connectivity index is 2.55. The number of hydrogen-bond donors (Lipinski definition) is 1. The molecule has 4 heteroatoms. The minimum absolute atomic E-state index is 0.0150. The van der Waals surface area contributed by atoms with E-state index < -0.39 is 0 Å². The summed E-state index contributed by atoms with van der Waals surface area (Å²) >= 11 is 0. The van der Waals surface area contributed by atoms with Crippen molar-refractivity contribution in [2.24, 2.45) is 17.8 Å². The van der Waals surface area contributed by atoms with Gasteiger partial charge in [-0.2, -0.15) is 0 Å². The highest BCUT2D eigenvalue weighted by Gasteiger charge is 2.38. The number of nitrogens with zero attached hydrogens (tertiary/aromatic N) is 1. The molecule has 1 rings (SSSR count). The number of ether oxygens (including phenoxy) is 1. The molecule has 0 aliphatic carbocycles. The minimum atomic E-state index is -0.0150. The van der Waals surface area contributed by atoms with E-state index in [0.717, 1.165) is 19.4 Å². The van der Waals surface area contributed by atoms with E-state index in [4.69, 9.17) is 4.74 Å². The lowest BCUT2D eigenvalue weighted by Crippen LogP contribution is -2.40. The first-order valence-corrected chi connectivity index (χ1v) is 8.45. The summed E-state index contributed by atoms with van der Waals surface area (Å²) in [6.07, 6.45) is 2.09. The van der Waals surface area contributed by atoms with Crippen LogP contribution < -0.4 is 5.32 Å². The Morgan fingerprint density at radius 3 is 2.19 bits per heavy atom. The molecule has 1 amide bonds. The van der Waals surface area contributed by atoms with Crippen LogP contribution in [0, 0.1) is 17.8 Å². The predicted octanol–water partition coefficient (Wildman–Crippen LogP) is 2.88. The summed E-state index contributed by atoms with van der Waals surface area (Å²) in [6, 6.07) is -0.0150. The predicted molar refractivity (Wildman–Crippen MR) is 87.0 cm³/mol. The number of nitrogens with one attached hydrogen (secondary N) is 1. The van der Waals surface area contributed by atoms with Gasteiger partial charge in [0.1, 0.15) is 0 Å². The maximum atomic E-state index is 12.6. The molecule has 0 aromatic heterocycles. The van der Waals surface area contributed by atoms with Gasteiger partial charge in [0.15, 0.2) is 0 Å². The first kappa shape index (κ1) is 18.4. The van der Waals surface area contributed by atoms with Gasteiger partial charge >= 0.3 is 0 Å². The van der Waals surface area contributed by atoms with Crippen molar-refractivity contribution in [1.82, 2.24) is 10.2 Å². The van der Waals surface area contributed by atoms with Crippen molar-refractivity contribution in [3.05, 3.63) is 0 Å². The molecule has 0 bridgehead atoms. The molecule has 21 heavy (non-hydrogen) atoms. The third-order valence-corrected chi connectivity index (χ3v) is 3.68. The molecular formula is C17H34N2O2. The maximum absolute atomic E-state index is 12.6. The van der Waals surface area contributed by atoms with Crippen LogP contribution in [0.2, 0.25) is 0 Å². The zero-order valence-electron chi connectivity index (χ0n) is 14.7. The molecule has 0 saturated carbocycles. The molecule has 1 aliphatic rings. The Kier molecular flexibility index (Phi) is 7.67. The molecule has 1 N–H and O–H groups in total. The first-order valence-electron chi connectivity index (χ1n) is 8.45. The quantitative estimate of drug-likeness (QED) is 0.666. The SMILES string of the molecule is CC(C)COCCN1C(=O)C(CC(C)C)NC1CC(C)C. The average Bonchev–Trinajstić information content (AvgIpc) is 2.60. The summed E-state index contributed by atoms with van der Waals surface area (Å²) in [5.41, 5.74) is 0. The Morgan fingerprint density at radius 2 is 1.67 bits per heavy atom. The molecule has 0 spiro atoms. The highest BCUT2D eigenvalue weighted by Crippen LogP contribution is 2.21. The summed E-state index contributed by atoms with van der Waals surface area (Å²) in [5, 5.41) is 3.52. The van der Waals surface area contributed by atoms with Gasteiger partial charge in [-0.25, -0.2) is 0 Å². The molecule has 4 nitrogen and oxygen atoms in total. The molecule has 1 saturated heterocycles. The van der Waals surface area contributed by atoms with Gasteiger partial charge in [-0.15, -0.1) is 0 Å². The van der Waals surface area contributed by atoms with Crippen molar-refractivity contribution in [3.63, 3.8) is 0 Å². The first-order chi connectivity index (χ1) is 9.81. The summed E-state index contributed by atoms with van der Waals surface area (Å²) in [5.74, 6) is 1.90. The second-order valence-corrected chi connectivity index (χ2v) is 7.49. The van der Waals surface area contributed by atoms with Gasteiger partial charge in [0.25, 0.3) is 0 Å². The number of rotatable bonds is 9. The summed E-state index contributed by atoms with van der Waals surface area (Å²) in [7, 11) is 0. The van der Waals surface area contributed by atoms with Crippen LogP contribution in [0.25, 0.3) is 0 Å². The fourth-order valence-corrected chi connectivity index (χ4v) is 2.78. The van der Waals surface area contributed by atoms with E-state index in [1.54, 1.807) is 0 Å². The second kappa shape index (κ2) is 8.74. The van der Waals surface area contributed by atoms with Gasteiger partial charge in [0.2, 0.25) is 5.91 Å². The van der Waals surface area contributed by atoms with E-state index in [0.29, 0.717) is 30.9 Å². The zero-order chi connectivity index (χ0) is 16.0. The highest BCUT2D eigenvalue weighted by molar-refractivity contribution is 5.84. The number of carbonyl (C=O) groups excluding carboxylic acids is 1. The average molecular weight is 298 g/mol. The molecular weight excluding hydrogens is 264 g/mol. The number of amides is 1. The van der Waals surface area contributed by atoms with Crippen molar-refractivity contribution >= 4 is 5.91 Å². The fourth-order valence-electron chi connectivity index (χ4n) is 2.78.